The topological polar surface area (TPSA) is 157 Å². The lowest BCUT2D eigenvalue weighted by molar-refractivity contribution is -0.144. The highest BCUT2D eigenvalue weighted by Crippen LogP contribution is 2.37. The van der Waals surface area contributed by atoms with E-state index in [1.54, 1.807) is 64.8 Å². The number of alkyl halides is 3. The summed E-state index contributed by atoms with van der Waals surface area (Å²) >= 11 is 7.13. The number of nitrogens with one attached hydrogen (secondary N) is 2. The maximum absolute atomic E-state index is 14.1. The number of carbonyl (C=O) groups excluding carboxylic acids is 4. The fourth-order valence-corrected chi connectivity index (χ4v) is 9.59. The van der Waals surface area contributed by atoms with Gasteiger partial charge in [-0.05, 0) is 126 Å². The number of thiocarbonyl (C=S) groups is 1. The fourth-order valence-electron chi connectivity index (χ4n) is 8.40. The summed E-state index contributed by atoms with van der Waals surface area (Å²) in [5, 5.41) is 15.0. The minimum absolute atomic E-state index is 0.00383. The molecule has 0 aliphatic carbocycles. The van der Waals surface area contributed by atoms with Crippen LogP contribution in [-0.4, -0.2) is 70.4 Å². The summed E-state index contributed by atoms with van der Waals surface area (Å²) < 4.78 is 52.9. The van der Waals surface area contributed by atoms with Gasteiger partial charge in [-0.25, -0.2) is 4.98 Å². The summed E-state index contributed by atoms with van der Waals surface area (Å²) in [6, 6.07) is 32.2. The van der Waals surface area contributed by atoms with E-state index in [-0.39, 0.29) is 35.8 Å². The molecular formula is C53H48F3N7O6S2. The van der Waals surface area contributed by atoms with Crippen LogP contribution in [0.4, 0.5) is 24.5 Å². The molecule has 0 saturated carbocycles. The van der Waals surface area contributed by atoms with Crippen molar-refractivity contribution in [2.75, 3.05) is 29.5 Å². The van der Waals surface area contributed by atoms with Crippen molar-refractivity contribution in [3.63, 3.8) is 0 Å². The summed E-state index contributed by atoms with van der Waals surface area (Å²) in [6.07, 6.45) is -3.62. The third kappa shape index (κ3) is 11.4. The summed E-state index contributed by atoms with van der Waals surface area (Å²) in [6.45, 7) is 7.71. The van der Waals surface area contributed by atoms with Gasteiger partial charge in [0.2, 0.25) is 11.8 Å². The Kier molecular flexibility index (Phi) is 14.6. The normalized spacial score (nSPS) is 15.4. The van der Waals surface area contributed by atoms with Crippen molar-refractivity contribution in [3.05, 3.63) is 143 Å². The van der Waals surface area contributed by atoms with Gasteiger partial charge in [0.25, 0.3) is 11.8 Å². The number of thiazole rings is 1. The number of aryl methyl sites for hydroxylation is 1. The number of benzene rings is 5. The van der Waals surface area contributed by atoms with E-state index in [2.05, 4.69) is 15.6 Å². The largest absolute Gasteiger partial charge is 0.484 e. The van der Waals surface area contributed by atoms with E-state index in [1.165, 1.54) is 11.0 Å². The van der Waals surface area contributed by atoms with Crippen molar-refractivity contribution >= 4 is 63.7 Å². The minimum Gasteiger partial charge on any atom is -0.484 e. The Labute approximate surface area is 417 Å². The lowest BCUT2D eigenvalue weighted by Crippen LogP contribution is -2.58. The zero-order chi connectivity index (χ0) is 50.6. The molecule has 18 heteroatoms. The van der Waals surface area contributed by atoms with Gasteiger partial charge in [0.1, 0.15) is 35.9 Å². The summed E-state index contributed by atoms with van der Waals surface area (Å²) in [5.41, 5.74) is 4.50. The smallest absolute Gasteiger partial charge is 0.417 e. The van der Waals surface area contributed by atoms with Crippen molar-refractivity contribution in [2.45, 2.75) is 65.3 Å². The number of halogens is 3. The van der Waals surface area contributed by atoms with Crippen LogP contribution in [-0.2, 0) is 31.9 Å². The van der Waals surface area contributed by atoms with Crippen molar-refractivity contribution in [1.82, 2.24) is 20.5 Å². The lowest BCUT2D eigenvalue weighted by Gasteiger charge is -2.35. The van der Waals surface area contributed by atoms with Crippen LogP contribution in [0.5, 0.6) is 17.2 Å². The standard InChI is InChI=1S/C53H48F3N7O6S2/c1-32-47(71-31-59-32)35-12-10-33(11-13-35)28-58-49(66)44-9-6-24-61(44)50(67)48(52(2,3)4)60-45(64)30-68-40-20-22-41(23-21-40)69-42-8-5-7-36(25-42)34-14-17-38(18-15-34)62-29-46(65)63(51(62)70)39-19-16-37(27-57)43(26-39)53(54,55)56/h5,7-8,10-23,25-26,31,44,48H,6,9,24,28-30H2,1-4H3,(H,58,66)(H,60,64)/t44-,48?/m0/s1. The first-order chi connectivity index (χ1) is 33.9. The first kappa shape index (κ1) is 49.8. The molecule has 364 valence electrons. The van der Waals surface area contributed by atoms with E-state index in [0.717, 1.165) is 49.9 Å². The SMILES string of the molecule is Cc1ncsc1-c1ccc(CNC(=O)[C@@H]2CCCN2C(=O)C(NC(=O)COc2ccc(Oc3cccc(-c4ccc(N5CC(=O)N(c6ccc(C#N)c(C(F)(F)F)c6)C5=S)cc4)c3)cc2)C(C)(C)C)cc1. The van der Waals surface area contributed by atoms with Crippen LogP contribution in [0.3, 0.4) is 0 Å². The molecule has 2 atom stereocenters. The highest BCUT2D eigenvalue weighted by Gasteiger charge is 2.42. The van der Waals surface area contributed by atoms with Gasteiger partial charge in [0, 0.05) is 18.8 Å². The van der Waals surface area contributed by atoms with E-state index in [0.29, 0.717) is 48.9 Å². The Morgan fingerprint density at radius 3 is 2.24 bits per heavy atom. The first-order valence-electron chi connectivity index (χ1n) is 22.6. The van der Waals surface area contributed by atoms with Gasteiger partial charge in [-0.1, -0.05) is 69.3 Å². The molecule has 0 radical (unpaired) electrons. The van der Waals surface area contributed by atoms with Crippen LogP contribution in [0.25, 0.3) is 21.6 Å². The maximum Gasteiger partial charge on any atom is 0.417 e. The second kappa shape index (κ2) is 20.8. The van der Waals surface area contributed by atoms with E-state index in [1.807, 2.05) is 87.8 Å². The molecule has 6 aromatic rings. The molecule has 3 heterocycles. The van der Waals surface area contributed by atoms with Crippen LogP contribution in [0.1, 0.15) is 56.0 Å². The highest BCUT2D eigenvalue weighted by molar-refractivity contribution is 7.81. The highest BCUT2D eigenvalue weighted by atomic mass is 32.1. The number of nitriles is 1. The summed E-state index contributed by atoms with van der Waals surface area (Å²) in [5.74, 6) is -0.154. The van der Waals surface area contributed by atoms with Crippen molar-refractivity contribution in [2.24, 2.45) is 5.41 Å². The lowest BCUT2D eigenvalue weighted by atomic mass is 9.85. The molecule has 0 spiro atoms. The molecule has 2 aliphatic heterocycles. The van der Waals surface area contributed by atoms with E-state index in [9.17, 15) is 37.6 Å². The molecule has 0 bridgehead atoms. The molecule has 4 amide bonds. The van der Waals surface area contributed by atoms with Gasteiger partial charge in [0.05, 0.1) is 39.0 Å². The molecule has 2 N–H and O–H groups in total. The number of amides is 4. The Hall–Kier alpha value is -7.62. The third-order valence-electron chi connectivity index (χ3n) is 12.1. The predicted molar refractivity (Wildman–Crippen MR) is 268 cm³/mol. The number of hydrogen-bond acceptors (Lipinski definition) is 10. The minimum atomic E-state index is -4.80. The number of ether oxygens (including phenoxy) is 2. The average molecular weight is 1000 g/mol. The molecule has 71 heavy (non-hydrogen) atoms. The van der Waals surface area contributed by atoms with Crippen molar-refractivity contribution in [3.8, 4) is 44.9 Å². The second-order valence-corrected chi connectivity index (χ2v) is 19.3. The molecule has 2 saturated heterocycles. The maximum atomic E-state index is 14.1. The van der Waals surface area contributed by atoms with Gasteiger partial charge in [-0.2, -0.15) is 18.4 Å². The second-order valence-electron chi connectivity index (χ2n) is 18.1. The zero-order valence-electron chi connectivity index (χ0n) is 39.1. The van der Waals surface area contributed by atoms with Crippen LogP contribution in [0.2, 0.25) is 0 Å². The fraction of sp³-hybridized carbons (Fsp3) is 0.264. The van der Waals surface area contributed by atoms with Gasteiger partial charge in [0.15, 0.2) is 11.7 Å². The Morgan fingerprint density at radius 1 is 0.887 bits per heavy atom. The zero-order valence-corrected chi connectivity index (χ0v) is 40.7. The van der Waals surface area contributed by atoms with Gasteiger partial charge >= 0.3 is 6.18 Å². The molecule has 1 aromatic heterocycles. The first-order valence-corrected chi connectivity index (χ1v) is 23.9. The average Bonchev–Trinajstić information content (AvgIpc) is 4.10. The summed E-state index contributed by atoms with van der Waals surface area (Å²) in [4.78, 5) is 63.4. The Morgan fingerprint density at radius 2 is 1.58 bits per heavy atom. The molecular weight excluding hydrogens is 952 g/mol. The van der Waals surface area contributed by atoms with E-state index >= 15 is 0 Å². The number of nitrogens with zero attached hydrogens (tertiary/aromatic N) is 5. The number of rotatable bonds is 14. The van der Waals surface area contributed by atoms with Crippen LogP contribution in [0.15, 0.2) is 121 Å². The quantitative estimate of drug-likeness (QED) is 0.101. The van der Waals surface area contributed by atoms with Crippen LogP contribution < -0.4 is 29.9 Å². The molecule has 5 aromatic carbocycles. The molecule has 2 fully saturated rings. The van der Waals surface area contributed by atoms with Crippen molar-refractivity contribution < 1.29 is 41.8 Å². The Bertz CT molecular complexity index is 3020. The molecule has 2 aliphatic rings. The van der Waals surface area contributed by atoms with Crippen LogP contribution >= 0.6 is 23.6 Å². The molecule has 8 rings (SSSR count). The van der Waals surface area contributed by atoms with Gasteiger partial charge < -0.3 is 29.9 Å². The number of carbonyl (C=O) groups is 4. The predicted octanol–water partition coefficient (Wildman–Crippen LogP) is 9.82. The van der Waals surface area contributed by atoms with Crippen molar-refractivity contribution in [1.29, 1.82) is 5.26 Å². The number of hydrogen-bond donors (Lipinski definition) is 2. The number of aromatic nitrogens is 1. The summed E-state index contributed by atoms with van der Waals surface area (Å²) in [7, 11) is 0. The van der Waals surface area contributed by atoms with E-state index < -0.39 is 46.6 Å². The third-order valence-corrected chi connectivity index (χ3v) is 13.5. The van der Waals surface area contributed by atoms with Gasteiger partial charge in [-0.15, -0.1) is 11.3 Å². The molecule has 1 unspecified atom stereocenters. The number of likely N-dealkylation sites (tertiary alicyclic amines) is 1. The van der Waals surface area contributed by atoms with Gasteiger partial charge in [-0.3, -0.25) is 24.1 Å². The van der Waals surface area contributed by atoms with Crippen LogP contribution in [0, 0.1) is 23.7 Å². The molecule has 13 nitrogen and oxygen atoms in total. The monoisotopic (exact) mass is 999 g/mol. The van der Waals surface area contributed by atoms with E-state index in [4.69, 9.17) is 21.7 Å². The Balaban J connectivity index is 0.828. The number of anilines is 2.